The first-order valence-electron chi connectivity index (χ1n) is 7.63. The fourth-order valence-corrected chi connectivity index (χ4v) is 4.90. The summed E-state index contributed by atoms with van der Waals surface area (Å²) < 4.78 is 32.8. The summed E-state index contributed by atoms with van der Waals surface area (Å²) in [6, 6.07) is 16.1. The highest BCUT2D eigenvalue weighted by Crippen LogP contribution is 2.33. The van der Waals surface area contributed by atoms with Gasteiger partial charge in [-0.25, -0.2) is 12.4 Å². The summed E-state index contributed by atoms with van der Waals surface area (Å²) in [6.45, 7) is 0. The Kier molecular flexibility index (Phi) is 3.86. The van der Waals surface area contributed by atoms with Gasteiger partial charge in [0.1, 0.15) is 5.75 Å². The molecule has 0 N–H and O–H groups in total. The molecule has 25 heavy (non-hydrogen) atoms. The first-order chi connectivity index (χ1) is 12.1. The van der Waals surface area contributed by atoms with Gasteiger partial charge in [-0.3, -0.25) is 0 Å². The third kappa shape index (κ3) is 2.63. The van der Waals surface area contributed by atoms with Gasteiger partial charge in [-0.05, 0) is 52.7 Å². The van der Waals surface area contributed by atoms with E-state index in [4.69, 9.17) is 4.74 Å². The summed E-state index contributed by atoms with van der Waals surface area (Å²) in [4.78, 5) is 0.228. The zero-order valence-corrected chi connectivity index (χ0v) is 15.0. The van der Waals surface area contributed by atoms with Crippen LogP contribution in [0.4, 0.5) is 0 Å². The molecule has 0 spiro atoms. The Bertz CT molecular complexity index is 1130. The van der Waals surface area contributed by atoms with E-state index in [1.807, 2.05) is 41.1 Å². The van der Waals surface area contributed by atoms with Crippen molar-refractivity contribution in [3.05, 3.63) is 71.6 Å². The minimum atomic E-state index is -3.70. The third-order valence-electron chi connectivity index (χ3n) is 4.13. The van der Waals surface area contributed by atoms with E-state index in [-0.39, 0.29) is 4.90 Å². The molecule has 0 aliphatic carbocycles. The van der Waals surface area contributed by atoms with Crippen molar-refractivity contribution in [1.29, 1.82) is 0 Å². The quantitative estimate of drug-likeness (QED) is 0.527. The summed E-state index contributed by atoms with van der Waals surface area (Å²) in [5, 5.41) is 4.90. The molecule has 0 bridgehead atoms. The lowest BCUT2D eigenvalue weighted by atomic mass is 10.1. The number of para-hydroxylation sites is 1. The van der Waals surface area contributed by atoms with E-state index in [9.17, 15) is 8.42 Å². The number of thiophene rings is 1. The third-order valence-corrected chi connectivity index (χ3v) is 6.50. The standard InChI is InChI=1S/C19H15NO3S2/c1-23-16-5-7-17(8-6-16)25(21,22)20-11-9-14-3-2-4-18(19(14)20)15-10-12-24-13-15/h2-13H,1H3. The molecule has 4 aromatic rings. The second-order valence-corrected chi connectivity index (χ2v) is 8.14. The molecule has 6 heteroatoms. The summed E-state index contributed by atoms with van der Waals surface area (Å²) in [5.74, 6) is 0.621. The summed E-state index contributed by atoms with van der Waals surface area (Å²) in [5.41, 5.74) is 2.61. The van der Waals surface area contributed by atoms with Gasteiger partial charge in [-0.1, -0.05) is 18.2 Å². The van der Waals surface area contributed by atoms with E-state index in [2.05, 4.69) is 0 Å². The van der Waals surface area contributed by atoms with Crippen LogP contribution in [0.3, 0.4) is 0 Å². The van der Waals surface area contributed by atoms with Gasteiger partial charge in [0.25, 0.3) is 10.0 Å². The first-order valence-corrected chi connectivity index (χ1v) is 10.0. The van der Waals surface area contributed by atoms with E-state index in [0.29, 0.717) is 11.3 Å². The van der Waals surface area contributed by atoms with Crippen LogP contribution in [0, 0.1) is 0 Å². The molecule has 0 aliphatic rings. The number of nitrogens with zero attached hydrogens (tertiary/aromatic N) is 1. The average Bonchev–Trinajstić information content (AvgIpc) is 3.31. The van der Waals surface area contributed by atoms with E-state index in [1.54, 1.807) is 48.9 Å². The van der Waals surface area contributed by atoms with Crippen molar-refractivity contribution in [2.24, 2.45) is 0 Å². The normalized spacial score (nSPS) is 11.7. The van der Waals surface area contributed by atoms with E-state index in [0.717, 1.165) is 16.5 Å². The van der Waals surface area contributed by atoms with Crippen molar-refractivity contribution < 1.29 is 13.2 Å². The van der Waals surface area contributed by atoms with Gasteiger partial charge < -0.3 is 4.74 Å². The van der Waals surface area contributed by atoms with Crippen LogP contribution in [0.2, 0.25) is 0 Å². The van der Waals surface area contributed by atoms with Crippen molar-refractivity contribution in [3.63, 3.8) is 0 Å². The fraction of sp³-hybridized carbons (Fsp3) is 0.0526. The van der Waals surface area contributed by atoms with Crippen LogP contribution in [0.25, 0.3) is 22.0 Å². The van der Waals surface area contributed by atoms with Crippen LogP contribution < -0.4 is 4.74 Å². The van der Waals surface area contributed by atoms with Crippen LogP contribution in [-0.4, -0.2) is 19.5 Å². The van der Waals surface area contributed by atoms with Gasteiger partial charge in [-0.15, -0.1) is 0 Å². The average molecular weight is 369 g/mol. The van der Waals surface area contributed by atoms with Crippen molar-refractivity contribution in [1.82, 2.24) is 3.97 Å². The number of methoxy groups -OCH3 is 1. The Hall–Kier alpha value is -2.57. The number of rotatable bonds is 4. The molecule has 0 unspecified atom stereocenters. The summed E-state index contributed by atoms with van der Waals surface area (Å²) >= 11 is 1.59. The molecular formula is C19H15NO3S2. The molecule has 126 valence electrons. The van der Waals surface area contributed by atoms with Gasteiger partial charge in [-0.2, -0.15) is 11.3 Å². The molecular weight excluding hydrogens is 354 g/mol. The molecule has 0 amide bonds. The van der Waals surface area contributed by atoms with E-state index < -0.39 is 10.0 Å². The smallest absolute Gasteiger partial charge is 0.268 e. The zero-order chi connectivity index (χ0) is 17.4. The number of aromatic nitrogens is 1. The molecule has 0 aliphatic heterocycles. The van der Waals surface area contributed by atoms with Crippen molar-refractivity contribution in [2.75, 3.05) is 7.11 Å². The lowest BCUT2D eigenvalue weighted by Gasteiger charge is -2.11. The van der Waals surface area contributed by atoms with Gasteiger partial charge in [0.2, 0.25) is 0 Å². The lowest BCUT2D eigenvalue weighted by Crippen LogP contribution is -2.12. The number of fused-ring (bicyclic) bond motifs is 1. The number of benzene rings is 2. The van der Waals surface area contributed by atoms with Crippen LogP contribution in [0.1, 0.15) is 0 Å². The molecule has 4 rings (SSSR count). The van der Waals surface area contributed by atoms with Crippen molar-refractivity contribution in [2.45, 2.75) is 4.90 Å². The maximum atomic E-state index is 13.2. The first kappa shape index (κ1) is 15.9. The Morgan fingerprint density at radius 2 is 1.80 bits per heavy atom. The second kappa shape index (κ2) is 6.06. The summed E-state index contributed by atoms with van der Waals surface area (Å²) in [7, 11) is -2.14. The molecule has 0 saturated heterocycles. The molecule has 0 saturated carbocycles. The van der Waals surface area contributed by atoms with E-state index >= 15 is 0 Å². The van der Waals surface area contributed by atoms with Crippen LogP contribution >= 0.6 is 11.3 Å². The maximum Gasteiger partial charge on any atom is 0.268 e. The molecule has 4 nitrogen and oxygen atoms in total. The molecule has 0 atom stereocenters. The molecule has 2 aromatic carbocycles. The van der Waals surface area contributed by atoms with E-state index in [1.165, 1.54) is 3.97 Å². The molecule has 2 heterocycles. The van der Waals surface area contributed by atoms with Gasteiger partial charge in [0.05, 0.1) is 17.5 Å². The number of hydrogen-bond acceptors (Lipinski definition) is 4. The molecule has 0 fully saturated rings. The Balaban J connectivity index is 1.94. The SMILES string of the molecule is COc1ccc(S(=O)(=O)n2ccc3cccc(-c4ccsc4)c32)cc1. The van der Waals surface area contributed by atoms with Gasteiger partial charge in [0, 0.05) is 17.1 Å². The van der Waals surface area contributed by atoms with Gasteiger partial charge >= 0.3 is 0 Å². The Labute approximate surface area is 150 Å². The minimum Gasteiger partial charge on any atom is -0.497 e. The fourth-order valence-electron chi connectivity index (χ4n) is 2.88. The van der Waals surface area contributed by atoms with Crippen molar-refractivity contribution in [3.8, 4) is 16.9 Å². The second-order valence-electron chi connectivity index (χ2n) is 5.55. The highest BCUT2D eigenvalue weighted by molar-refractivity contribution is 7.90. The topological polar surface area (TPSA) is 48.3 Å². The lowest BCUT2D eigenvalue weighted by molar-refractivity contribution is 0.414. The summed E-state index contributed by atoms with van der Waals surface area (Å²) in [6.07, 6.45) is 1.61. The number of hydrogen-bond donors (Lipinski definition) is 0. The van der Waals surface area contributed by atoms with Crippen molar-refractivity contribution >= 4 is 32.3 Å². The zero-order valence-electron chi connectivity index (χ0n) is 13.4. The maximum absolute atomic E-state index is 13.2. The molecule has 2 aromatic heterocycles. The van der Waals surface area contributed by atoms with Crippen LogP contribution in [0.5, 0.6) is 5.75 Å². The largest absolute Gasteiger partial charge is 0.497 e. The predicted molar refractivity (Wildman–Crippen MR) is 101 cm³/mol. The molecule has 0 radical (unpaired) electrons. The van der Waals surface area contributed by atoms with Gasteiger partial charge in [0.15, 0.2) is 0 Å². The Morgan fingerprint density at radius 3 is 2.48 bits per heavy atom. The highest BCUT2D eigenvalue weighted by atomic mass is 32.2. The Morgan fingerprint density at radius 1 is 1.00 bits per heavy atom. The number of ether oxygens (including phenoxy) is 1. The highest BCUT2D eigenvalue weighted by Gasteiger charge is 2.21. The predicted octanol–water partition coefficient (Wildman–Crippen LogP) is 4.62. The van der Waals surface area contributed by atoms with Crippen LogP contribution in [-0.2, 0) is 10.0 Å². The minimum absolute atomic E-state index is 0.228. The monoisotopic (exact) mass is 369 g/mol. The van der Waals surface area contributed by atoms with Crippen LogP contribution in [0.15, 0.2) is 76.4 Å².